The summed E-state index contributed by atoms with van der Waals surface area (Å²) in [6.07, 6.45) is -4.60. The molecule has 0 N–H and O–H groups in total. The van der Waals surface area contributed by atoms with Gasteiger partial charge in [-0.2, -0.15) is 18.3 Å². The normalized spacial score (nSPS) is 11.4. The highest BCUT2D eigenvalue weighted by atomic mass is 35.5. The van der Waals surface area contributed by atoms with Crippen LogP contribution in [-0.2, 0) is 12.8 Å². The second-order valence-electron chi connectivity index (χ2n) is 7.26. The molecule has 1 aromatic heterocycles. The molecule has 0 unspecified atom stereocenters. The Bertz CT molecular complexity index is 1290. The number of alkyl halides is 3. The molecule has 0 aliphatic carbocycles. The van der Waals surface area contributed by atoms with Crippen molar-refractivity contribution in [2.75, 3.05) is 14.2 Å². The Morgan fingerprint density at radius 1 is 0.882 bits per heavy atom. The zero-order chi connectivity index (χ0) is 24.3. The van der Waals surface area contributed by atoms with Crippen molar-refractivity contribution in [2.45, 2.75) is 12.8 Å². The Hall–Kier alpha value is -3.65. The fourth-order valence-corrected chi connectivity index (χ4v) is 3.64. The summed E-state index contributed by atoms with van der Waals surface area (Å²) < 4.78 is 57.6. The molecule has 3 aromatic carbocycles. The number of halogens is 4. The number of aromatic nitrogens is 2. The molecule has 0 bridgehead atoms. The molecule has 0 saturated carbocycles. The van der Waals surface area contributed by atoms with Crippen LogP contribution in [0.3, 0.4) is 0 Å². The van der Waals surface area contributed by atoms with Gasteiger partial charge in [-0.15, -0.1) is 0 Å². The highest BCUT2D eigenvalue weighted by Crippen LogP contribution is 2.35. The maximum Gasteiger partial charge on any atom is 0.435 e. The number of ether oxygens (including phenoxy) is 3. The maximum atomic E-state index is 13.3. The minimum Gasteiger partial charge on any atom is -0.497 e. The monoisotopic (exact) mass is 488 g/mol. The molecule has 9 heteroatoms. The lowest BCUT2D eigenvalue weighted by Gasteiger charge is -2.12. The van der Waals surface area contributed by atoms with Crippen LogP contribution in [0.1, 0.15) is 11.4 Å². The lowest BCUT2D eigenvalue weighted by Crippen LogP contribution is -2.08. The lowest BCUT2D eigenvalue weighted by molar-refractivity contribution is -0.141. The van der Waals surface area contributed by atoms with Crippen LogP contribution < -0.4 is 14.2 Å². The van der Waals surface area contributed by atoms with Crippen LogP contribution in [0.2, 0.25) is 5.02 Å². The number of hydrogen-bond donors (Lipinski definition) is 0. The van der Waals surface area contributed by atoms with Crippen LogP contribution in [0.15, 0.2) is 72.8 Å². The summed E-state index contributed by atoms with van der Waals surface area (Å²) in [7, 11) is 3.17. The molecule has 4 aromatic rings. The standard InChI is InChI=1S/C25H20ClF3N2O3/c1-32-19-11-12-23(33-2)20(14-19)16-7-9-18(10-8-16)34-15-17-13-24(25(27,28)29)30-31(17)22-6-4-3-5-21(22)26/h3-14H,15H2,1-2H3. The van der Waals surface area contributed by atoms with E-state index in [9.17, 15) is 13.2 Å². The van der Waals surface area contributed by atoms with Crippen molar-refractivity contribution in [1.29, 1.82) is 0 Å². The van der Waals surface area contributed by atoms with Gasteiger partial charge in [0.25, 0.3) is 0 Å². The Kier molecular flexibility index (Phi) is 6.70. The van der Waals surface area contributed by atoms with Crippen LogP contribution in [0.5, 0.6) is 17.2 Å². The summed E-state index contributed by atoms with van der Waals surface area (Å²) in [6, 6.07) is 20.1. The topological polar surface area (TPSA) is 45.5 Å². The Labute approximate surface area is 199 Å². The predicted molar refractivity (Wildman–Crippen MR) is 123 cm³/mol. The minimum absolute atomic E-state index is 0.143. The molecule has 0 atom stereocenters. The van der Waals surface area contributed by atoms with Gasteiger partial charge in [-0.25, -0.2) is 4.68 Å². The quantitative estimate of drug-likeness (QED) is 0.287. The van der Waals surface area contributed by atoms with Crippen molar-refractivity contribution in [3.05, 3.63) is 89.2 Å². The van der Waals surface area contributed by atoms with Crippen molar-refractivity contribution in [3.63, 3.8) is 0 Å². The molecule has 34 heavy (non-hydrogen) atoms. The van der Waals surface area contributed by atoms with Gasteiger partial charge in [0, 0.05) is 5.56 Å². The summed E-state index contributed by atoms with van der Waals surface area (Å²) in [6.45, 7) is -0.143. The molecular weight excluding hydrogens is 469 g/mol. The van der Waals surface area contributed by atoms with E-state index in [2.05, 4.69) is 5.10 Å². The van der Waals surface area contributed by atoms with Gasteiger partial charge in [0.05, 0.1) is 30.6 Å². The van der Waals surface area contributed by atoms with Crippen molar-refractivity contribution < 1.29 is 27.4 Å². The Morgan fingerprint density at radius 3 is 2.24 bits per heavy atom. The van der Waals surface area contributed by atoms with Gasteiger partial charge in [-0.3, -0.25) is 0 Å². The summed E-state index contributed by atoms with van der Waals surface area (Å²) in [5.74, 6) is 1.84. The highest BCUT2D eigenvalue weighted by Gasteiger charge is 2.35. The van der Waals surface area contributed by atoms with Crippen molar-refractivity contribution in [1.82, 2.24) is 9.78 Å². The van der Waals surface area contributed by atoms with Crippen LogP contribution in [0, 0.1) is 0 Å². The van der Waals surface area contributed by atoms with Crippen LogP contribution >= 0.6 is 11.6 Å². The first kappa shape index (κ1) is 23.5. The Morgan fingerprint density at radius 2 is 1.59 bits per heavy atom. The van der Waals surface area contributed by atoms with E-state index in [-0.39, 0.29) is 17.3 Å². The molecule has 0 spiro atoms. The van der Waals surface area contributed by atoms with Gasteiger partial charge in [0.15, 0.2) is 5.69 Å². The molecule has 176 valence electrons. The van der Waals surface area contributed by atoms with Crippen molar-refractivity contribution in [2.24, 2.45) is 0 Å². The number of methoxy groups -OCH3 is 2. The van der Waals surface area contributed by atoms with Crippen molar-refractivity contribution in [3.8, 4) is 34.1 Å². The van der Waals surface area contributed by atoms with Crippen molar-refractivity contribution >= 4 is 11.6 Å². The average Bonchev–Trinajstić information content (AvgIpc) is 3.27. The summed E-state index contributed by atoms with van der Waals surface area (Å²) in [4.78, 5) is 0. The van der Waals surface area contributed by atoms with Crippen LogP contribution in [0.4, 0.5) is 13.2 Å². The molecule has 0 aliphatic heterocycles. The van der Waals surface area contributed by atoms with Gasteiger partial charge in [-0.05, 0) is 54.1 Å². The summed E-state index contributed by atoms with van der Waals surface area (Å²) in [5, 5.41) is 3.99. The van der Waals surface area contributed by atoms with E-state index < -0.39 is 11.9 Å². The average molecular weight is 489 g/mol. The highest BCUT2D eigenvalue weighted by molar-refractivity contribution is 6.32. The maximum absolute atomic E-state index is 13.3. The van der Waals surface area contributed by atoms with E-state index in [1.807, 2.05) is 24.3 Å². The van der Waals surface area contributed by atoms with E-state index in [0.717, 1.165) is 21.9 Å². The number of para-hydroxylation sites is 1. The van der Waals surface area contributed by atoms with E-state index in [0.29, 0.717) is 22.9 Å². The molecule has 4 rings (SSSR count). The molecule has 0 fully saturated rings. The SMILES string of the molecule is COc1ccc(OC)c(-c2ccc(OCc3cc(C(F)(F)F)nn3-c3ccccc3Cl)cc2)c1. The molecule has 0 saturated heterocycles. The van der Waals surface area contributed by atoms with Gasteiger partial charge in [0.1, 0.15) is 23.9 Å². The predicted octanol–water partition coefficient (Wildman–Crippen LogP) is 6.81. The van der Waals surface area contributed by atoms with Crippen LogP contribution in [0.25, 0.3) is 16.8 Å². The molecule has 0 radical (unpaired) electrons. The van der Waals surface area contributed by atoms with Gasteiger partial charge < -0.3 is 14.2 Å². The molecule has 0 aliphatic rings. The smallest absolute Gasteiger partial charge is 0.435 e. The fraction of sp³-hybridized carbons (Fsp3) is 0.160. The Balaban J connectivity index is 1.59. The first-order chi connectivity index (χ1) is 16.3. The van der Waals surface area contributed by atoms with E-state index >= 15 is 0 Å². The molecule has 1 heterocycles. The third-order valence-electron chi connectivity index (χ3n) is 5.11. The molecule has 0 amide bonds. The van der Waals surface area contributed by atoms with Gasteiger partial charge in [-0.1, -0.05) is 35.9 Å². The summed E-state index contributed by atoms with van der Waals surface area (Å²) >= 11 is 6.19. The molecule has 5 nitrogen and oxygen atoms in total. The zero-order valence-corrected chi connectivity index (χ0v) is 19.0. The largest absolute Gasteiger partial charge is 0.497 e. The van der Waals surface area contributed by atoms with E-state index in [4.69, 9.17) is 25.8 Å². The second-order valence-corrected chi connectivity index (χ2v) is 7.67. The minimum atomic E-state index is -4.60. The molecular formula is C25H20ClF3N2O3. The van der Waals surface area contributed by atoms with Gasteiger partial charge >= 0.3 is 6.18 Å². The first-order valence-corrected chi connectivity index (χ1v) is 10.5. The number of hydrogen-bond acceptors (Lipinski definition) is 4. The number of nitrogens with zero attached hydrogens (tertiary/aromatic N) is 2. The zero-order valence-electron chi connectivity index (χ0n) is 18.3. The van der Waals surface area contributed by atoms with Gasteiger partial charge in [0.2, 0.25) is 0 Å². The van der Waals surface area contributed by atoms with Crippen LogP contribution in [-0.4, -0.2) is 24.0 Å². The fourth-order valence-electron chi connectivity index (χ4n) is 3.42. The third kappa shape index (κ3) is 4.97. The summed E-state index contributed by atoms with van der Waals surface area (Å²) in [5.41, 5.74) is 1.22. The lowest BCUT2D eigenvalue weighted by atomic mass is 10.0. The number of rotatable bonds is 7. The number of benzene rings is 3. The second kappa shape index (κ2) is 9.69. The third-order valence-corrected chi connectivity index (χ3v) is 5.43. The first-order valence-electron chi connectivity index (χ1n) is 10.2. The van der Waals surface area contributed by atoms with E-state index in [1.165, 1.54) is 0 Å². The van der Waals surface area contributed by atoms with E-state index in [1.54, 1.807) is 56.7 Å².